The molecule has 0 spiro atoms. The van der Waals surface area contributed by atoms with Crippen LogP contribution in [0.25, 0.3) is 10.8 Å². The average Bonchev–Trinajstić information content (AvgIpc) is 2.98. The third-order valence-electron chi connectivity index (χ3n) is 8.38. The second kappa shape index (κ2) is 11.1. The molecule has 1 unspecified atom stereocenters. The summed E-state index contributed by atoms with van der Waals surface area (Å²) in [5, 5.41) is 73.2. The fourth-order valence-electron chi connectivity index (χ4n) is 5.96. The first-order chi connectivity index (χ1) is 20.8. The number of hydrogen-bond acceptors (Lipinski definition) is 13. The second-order valence-electron chi connectivity index (χ2n) is 11.4. The number of ether oxygens (including phenoxy) is 4. The molecule has 0 aromatic heterocycles. The maximum atomic E-state index is 14.1. The monoisotopic (exact) mass is 612 g/mol. The SMILES string of the molecule is Cc1cc(OC2O[C@@H](C)[C@H](O)[C@@H](O)[C@H]2O)c2c3c(c(O[C@@H]4O[C@@H](C)[C@H](O)[C@@H](O)[C@H]4O)cc2c1)C(=O)c1c(O)cccc1C3=O. The maximum absolute atomic E-state index is 14.1. The lowest BCUT2D eigenvalue weighted by atomic mass is 9.80. The van der Waals surface area contributed by atoms with Gasteiger partial charge in [-0.2, -0.15) is 0 Å². The third kappa shape index (κ3) is 4.73. The zero-order valence-electron chi connectivity index (χ0n) is 23.8. The first-order valence-electron chi connectivity index (χ1n) is 14.1. The topological polar surface area (TPSA) is 213 Å². The molecule has 13 nitrogen and oxygen atoms in total. The predicted molar refractivity (Wildman–Crippen MR) is 150 cm³/mol. The van der Waals surface area contributed by atoms with Gasteiger partial charge in [-0.3, -0.25) is 9.59 Å². The van der Waals surface area contributed by atoms with Gasteiger partial charge in [0.15, 0.2) is 5.78 Å². The summed E-state index contributed by atoms with van der Waals surface area (Å²) in [6.07, 6.45) is -14.3. The molecule has 3 aromatic rings. The molecule has 3 aromatic carbocycles. The van der Waals surface area contributed by atoms with Gasteiger partial charge in [-0.05, 0) is 49.9 Å². The quantitative estimate of drug-likeness (QED) is 0.162. The Morgan fingerprint density at radius 3 is 1.82 bits per heavy atom. The summed E-state index contributed by atoms with van der Waals surface area (Å²) >= 11 is 0. The summed E-state index contributed by atoms with van der Waals surface area (Å²) in [5.41, 5.74) is -0.202. The van der Waals surface area contributed by atoms with Crippen LogP contribution in [0.5, 0.6) is 17.2 Å². The molecule has 6 rings (SSSR count). The van der Waals surface area contributed by atoms with Crippen LogP contribution >= 0.6 is 0 Å². The molecule has 0 bridgehead atoms. The molecular weight excluding hydrogens is 580 g/mol. The Bertz CT molecular complexity index is 1650. The fourth-order valence-corrected chi connectivity index (χ4v) is 5.96. The molecule has 0 radical (unpaired) electrons. The zero-order chi connectivity index (χ0) is 31.8. The summed E-state index contributed by atoms with van der Waals surface area (Å²) in [6.45, 7) is 4.67. The highest BCUT2D eigenvalue weighted by Crippen LogP contribution is 2.45. The van der Waals surface area contributed by atoms with E-state index in [1.165, 1.54) is 38.1 Å². The second-order valence-corrected chi connectivity index (χ2v) is 11.4. The Hall–Kier alpha value is -3.66. The van der Waals surface area contributed by atoms with E-state index in [1.54, 1.807) is 19.1 Å². The number of aryl methyl sites for hydroxylation is 1. The van der Waals surface area contributed by atoms with Crippen LogP contribution in [0, 0.1) is 6.92 Å². The number of aliphatic hydroxyl groups is 6. The normalized spacial score (nSPS) is 33.6. The summed E-state index contributed by atoms with van der Waals surface area (Å²) in [7, 11) is 0. The van der Waals surface area contributed by atoms with Gasteiger partial charge in [0.2, 0.25) is 18.4 Å². The van der Waals surface area contributed by atoms with E-state index in [1.807, 2.05) is 0 Å². The van der Waals surface area contributed by atoms with Gasteiger partial charge in [-0.15, -0.1) is 0 Å². The average molecular weight is 613 g/mol. The van der Waals surface area contributed by atoms with E-state index in [4.69, 9.17) is 18.9 Å². The molecule has 0 amide bonds. The summed E-state index contributed by atoms with van der Waals surface area (Å²) in [6, 6.07) is 8.67. The predicted octanol–water partition coefficient (Wildman–Crippen LogP) is 0.0418. The molecule has 7 N–H and O–H groups in total. The largest absolute Gasteiger partial charge is 0.507 e. The number of benzene rings is 3. The number of aliphatic hydroxyl groups excluding tert-OH is 6. The van der Waals surface area contributed by atoms with Crippen LogP contribution in [0.3, 0.4) is 0 Å². The van der Waals surface area contributed by atoms with Crippen molar-refractivity contribution < 1.29 is 64.3 Å². The van der Waals surface area contributed by atoms with Crippen molar-refractivity contribution in [3.8, 4) is 17.2 Å². The Morgan fingerprint density at radius 2 is 1.23 bits per heavy atom. The Labute approximate surface area is 250 Å². The number of rotatable bonds is 4. The van der Waals surface area contributed by atoms with Gasteiger partial charge in [0.25, 0.3) is 0 Å². The molecule has 2 aliphatic heterocycles. The summed E-state index contributed by atoms with van der Waals surface area (Å²) in [4.78, 5) is 28.2. The lowest BCUT2D eigenvalue weighted by Gasteiger charge is -2.39. The molecule has 13 heteroatoms. The number of phenols is 1. The fraction of sp³-hybridized carbons (Fsp3) is 0.419. The van der Waals surface area contributed by atoms with E-state index < -0.39 is 78.7 Å². The number of phenolic OH excluding ortho intramolecular Hbond substituents is 1. The molecule has 10 atom stereocenters. The van der Waals surface area contributed by atoms with E-state index in [0.717, 1.165) is 0 Å². The number of aromatic hydroxyl groups is 1. The van der Waals surface area contributed by atoms with Crippen molar-refractivity contribution in [3.05, 3.63) is 64.2 Å². The molecule has 1 aliphatic carbocycles. The van der Waals surface area contributed by atoms with Crippen LogP contribution in [0.1, 0.15) is 51.3 Å². The Kier molecular flexibility index (Phi) is 7.63. The molecular formula is C31H32O13. The summed E-state index contributed by atoms with van der Waals surface area (Å²) < 4.78 is 23.2. The minimum Gasteiger partial charge on any atom is -0.507 e. The number of carbonyl (C=O) groups excluding carboxylic acids is 2. The van der Waals surface area contributed by atoms with Crippen LogP contribution in [-0.4, -0.2) is 109 Å². The van der Waals surface area contributed by atoms with Crippen LogP contribution in [0.4, 0.5) is 0 Å². The minimum absolute atomic E-state index is 0.00788. The van der Waals surface area contributed by atoms with E-state index >= 15 is 0 Å². The number of hydrogen-bond donors (Lipinski definition) is 7. The highest BCUT2D eigenvalue weighted by atomic mass is 16.7. The van der Waals surface area contributed by atoms with Gasteiger partial charge in [0, 0.05) is 16.5 Å². The first kappa shape index (κ1) is 30.4. The summed E-state index contributed by atoms with van der Waals surface area (Å²) in [5.74, 6) is -2.10. The Morgan fingerprint density at radius 1 is 0.659 bits per heavy atom. The van der Waals surface area contributed by atoms with Crippen molar-refractivity contribution in [2.45, 2.75) is 82.2 Å². The van der Waals surface area contributed by atoms with E-state index in [2.05, 4.69) is 0 Å². The lowest BCUT2D eigenvalue weighted by molar-refractivity contribution is -0.268. The van der Waals surface area contributed by atoms with Gasteiger partial charge < -0.3 is 54.7 Å². The van der Waals surface area contributed by atoms with E-state index in [0.29, 0.717) is 10.9 Å². The molecule has 2 heterocycles. The van der Waals surface area contributed by atoms with Crippen molar-refractivity contribution in [1.82, 2.24) is 0 Å². The molecule has 2 saturated heterocycles. The minimum atomic E-state index is -1.73. The standard InChI is InChI=1S/C31H32O13/c1-10-7-13-9-17(44-31-29(40)27(38)23(34)12(3)42-31)20-21(24(35)14-5-4-6-15(32)19(14)25(20)36)18(13)16(8-10)43-30-28(39)26(37)22(33)11(2)41-30/h4-9,11-12,22-23,26-34,37-40H,1-3H3/t11-,12-,22-,23-,26+,27+,28+,29+,30?,31-/m0/s1. The van der Waals surface area contributed by atoms with Crippen LogP contribution in [-0.2, 0) is 9.47 Å². The number of fused-ring (bicyclic) bond motifs is 4. The van der Waals surface area contributed by atoms with Crippen molar-refractivity contribution in [2.24, 2.45) is 0 Å². The van der Waals surface area contributed by atoms with Gasteiger partial charge >= 0.3 is 0 Å². The van der Waals surface area contributed by atoms with Gasteiger partial charge in [0.05, 0.1) is 23.3 Å². The number of carbonyl (C=O) groups is 2. The molecule has 3 aliphatic rings. The smallest absolute Gasteiger partial charge is 0.229 e. The van der Waals surface area contributed by atoms with Crippen molar-refractivity contribution in [3.63, 3.8) is 0 Å². The zero-order valence-corrected chi connectivity index (χ0v) is 23.8. The first-order valence-corrected chi connectivity index (χ1v) is 14.1. The van der Waals surface area contributed by atoms with Crippen LogP contribution < -0.4 is 9.47 Å². The van der Waals surface area contributed by atoms with Gasteiger partial charge in [0.1, 0.15) is 53.9 Å². The van der Waals surface area contributed by atoms with Crippen molar-refractivity contribution in [1.29, 1.82) is 0 Å². The molecule has 2 fully saturated rings. The maximum Gasteiger partial charge on any atom is 0.229 e. The highest BCUT2D eigenvalue weighted by molar-refractivity contribution is 6.34. The van der Waals surface area contributed by atoms with E-state index in [9.17, 15) is 45.3 Å². The van der Waals surface area contributed by atoms with Crippen LogP contribution in [0.2, 0.25) is 0 Å². The lowest BCUT2D eigenvalue weighted by Crippen LogP contribution is -2.58. The van der Waals surface area contributed by atoms with Crippen molar-refractivity contribution in [2.75, 3.05) is 0 Å². The van der Waals surface area contributed by atoms with Gasteiger partial charge in [-0.25, -0.2) is 0 Å². The third-order valence-corrected chi connectivity index (χ3v) is 8.38. The van der Waals surface area contributed by atoms with Gasteiger partial charge in [-0.1, -0.05) is 18.2 Å². The van der Waals surface area contributed by atoms with Crippen molar-refractivity contribution >= 4 is 22.3 Å². The number of ketones is 2. The molecule has 44 heavy (non-hydrogen) atoms. The van der Waals surface area contributed by atoms with Crippen LogP contribution in [0.15, 0.2) is 36.4 Å². The van der Waals surface area contributed by atoms with E-state index in [-0.39, 0.29) is 39.1 Å². The highest BCUT2D eigenvalue weighted by Gasteiger charge is 2.46. The Balaban J connectivity index is 1.55. The molecule has 234 valence electrons. The molecule has 0 saturated carbocycles.